The summed E-state index contributed by atoms with van der Waals surface area (Å²) in [6.45, 7) is 11.3. The topological polar surface area (TPSA) is 86.8 Å². The predicted octanol–water partition coefficient (Wildman–Crippen LogP) is 4.10. The fourth-order valence-corrected chi connectivity index (χ4v) is 4.87. The molecule has 0 fully saturated rings. The standard InChI is InChI=1S/C27H39N3O4S/c1-8-21(5)28-27(32)24(9-2)29(17-23-14-10-12-19(3)16-23)26(31)18-30(35(7,33)34)25-15-11-13-20(4)22(25)6/h10-16,21,24H,8-9,17-18H2,1-7H3,(H,28,32)/t21-,24-/m0/s1. The minimum Gasteiger partial charge on any atom is -0.352 e. The normalized spacial score (nSPS) is 13.1. The first-order valence-electron chi connectivity index (χ1n) is 12.1. The largest absolute Gasteiger partial charge is 0.352 e. The molecule has 35 heavy (non-hydrogen) atoms. The van der Waals surface area contributed by atoms with Gasteiger partial charge < -0.3 is 10.2 Å². The number of benzene rings is 2. The molecular formula is C27H39N3O4S. The Kier molecular flexibility index (Phi) is 9.89. The Balaban J connectivity index is 2.49. The van der Waals surface area contributed by atoms with Crippen molar-refractivity contribution in [1.29, 1.82) is 0 Å². The molecule has 0 bridgehead atoms. The number of carbonyl (C=O) groups excluding carboxylic acids is 2. The van der Waals surface area contributed by atoms with Crippen molar-refractivity contribution in [3.8, 4) is 0 Å². The Morgan fingerprint density at radius 3 is 2.23 bits per heavy atom. The average Bonchev–Trinajstić information content (AvgIpc) is 2.78. The minimum atomic E-state index is -3.76. The van der Waals surface area contributed by atoms with Crippen LogP contribution in [0.3, 0.4) is 0 Å². The van der Waals surface area contributed by atoms with E-state index in [1.54, 1.807) is 12.1 Å². The first kappa shape index (κ1) is 28.4. The van der Waals surface area contributed by atoms with E-state index in [4.69, 9.17) is 0 Å². The Labute approximate surface area is 210 Å². The number of anilines is 1. The summed E-state index contributed by atoms with van der Waals surface area (Å²) in [6, 6.07) is 12.4. The molecule has 0 aliphatic rings. The molecule has 8 heteroatoms. The maximum atomic E-state index is 13.8. The van der Waals surface area contributed by atoms with E-state index in [0.29, 0.717) is 12.1 Å². The van der Waals surface area contributed by atoms with Gasteiger partial charge in [-0.2, -0.15) is 0 Å². The number of hydrogen-bond acceptors (Lipinski definition) is 4. The molecule has 1 N–H and O–H groups in total. The Bertz CT molecular complexity index is 1150. The average molecular weight is 502 g/mol. The fourth-order valence-electron chi connectivity index (χ4n) is 3.97. The number of nitrogens with zero attached hydrogens (tertiary/aromatic N) is 2. The quantitative estimate of drug-likeness (QED) is 0.502. The van der Waals surface area contributed by atoms with Crippen LogP contribution in [0.5, 0.6) is 0 Å². The lowest BCUT2D eigenvalue weighted by Gasteiger charge is -2.33. The molecule has 0 unspecified atom stereocenters. The molecule has 2 aromatic rings. The number of hydrogen-bond donors (Lipinski definition) is 1. The highest BCUT2D eigenvalue weighted by molar-refractivity contribution is 7.92. The number of carbonyl (C=O) groups is 2. The number of rotatable bonds is 11. The molecule has 0 spiro atoms. The summed E-state index contributed by atoms with van der Waals surface area (Å²) in [7, 11) is -3.76. The van der Waals surface area contributed by atoms with Crippen LogP contribution in [0.2, 0.25) is 0 Å². The van der Waals surface area contributed by atoms with Crippen LogP contribution in [0, 0.1) is 20.8 Å². The van der Waals surface area contributed by atoms with Crippen LogP contribution in [0.15, 0.2) is 42.5 Å². The van der Waals surface area contributed by atoms with E-state index >= 15 is 0 Å². The monoisotopic (exact) mass is 501 g/mol. The van der Waals surface area contributed by atoms with Gasteiger partial charge in [-0.15, -0.1) is 0 Å². The molecular weight excluding hydrogens is 462 g/mol. The van der Waals surface area contributed by atoms with Crippen molar-refractivity contribution in [3.05, 3.63) is 64.7 Å². The highest BCUT2D eigenvalue weighted by atomic mass is 32.2. The van der Waals surface area contributed by atoms with E-state index in [1.165, 1.54) is 4.90 Å². The zero-order valence-corrected chi connectivity index (χ0v) is 22.8. The van der Waals surface area contributed by atoms with Gasteiger partial charge in [-0.05, 0) is 63.3 Å². The van der Waals surface area contributed by atoms with Crippen molar-refractivity contribution in [2.75, 3.05) is 17.1 Å². The molecule has 0 aliphatic heterocycles. The fraction of sp³-hybridized carbons (Fsp3) is 0.481. The van der Waals surface area contributed by atoms with Crippen LogP contribution in [-0.2, 0) is 26.2 Å². The third kappa shape index (κ3) is 7.56. The highest BCUT2D eigenvalue weighted by Crippen LogP contribution is 2.25. The van der Waals surface area contributed by atoms with Gasteiger partial charge in [0.05, 0.1) is 11.9 Å². The molecule has 0 radical (unpaired) electrons. The van der Waals surface area contributed by atoms with E-state index in [9.17, 15) is 18.0 Å². The number of nitrogens with one attached hydrogen (secondary N) is 1. The number of aryl methyl sites for hydroxylation is 2. The molecule has 0 heterocycles. The third-order valence-corrected chi connectivity index (χ3v) is 7.47. The van der Waals surface area contributed by atoms with Crippen molar-refractivity contribution in [1.82, 2.24) is 10.2 Å². The first-order valence-corrected chi connectivity index (χ1v) is 13.9. The second-order valence-corrected chi connectivity index (χ2v) is 11.1. The summed E-state index contributed by atoms with van der Waals surface area (Å²) in [5.74, 6) is -0.663. The number of sulfonamides is 1. The van der Waals surface area contributed by atoms with E-state index in [2.05, 4.69) is 5.32 Å². The van der Waals surface area contributed by atoms with Gasteiger partial charge in [0.1, 0.15) is 12.6 Å². The smallest absolute Gasteiger partial charge is 0.244 e. The molecule has 0 aliphatic carbocycles. The SMILES string of the molecule is CC[C@H](C)NC(=O)[C@H](CC)N(Cc1cccc(C)c1)C(=O)CN(c1cccc(C)c1C)S(C)(=O)=O. The summed E-state index contributed by atoms with van der Waals surface area (Å²) < 4.78 is 26.7. The lowest BCUT2D eigenvalue weighted by Crippen LogP contribution is -2.53. The van der Waals surface area contributed by atoms with Crippen LogP contribution < -0.4 is 9.62 Å². The van der Waals surface area contributed by atoms with E-state index < -0.39 is 22.0 Å². The summed E-state index contributed by atoms with van der Waals surface area (Å²) >= 11 is 0. The molecule has 2 atom stereocenters. The molecule has 0 saturated heterocycles. The van der Waals surface area contributed by atoms with Gasteiger partial charge in [-0.1, -0.05) is 55.8 Å². The van der Waals surface area contributed by atoms with E-state index in [0.717, 1.165) is 39.2 Å². The molecule has 2 rings (SSSR count). The predicted molar refractivity (Wildman–Crippen MR) is 142 cm³/mol. The highest BCUT2D eigenvalue weighted by Gasteiger charge is 2.32. The Morgan fingerprint density at radius 2 is 1.66 bits per heavy atom. The third-order valence-electron chi connectivity index (χ3n) is 6.35. The van der Waals surface area contributed by atoms with Crippen molar-refractivity contribution >= 4 is 27.5 Å². The summed E-state index contributed by atoms with van der Waals surface area (Å²) in [5.41, 5.74) is 4.11. The van der Waals surface area contributed by atoms with Crippen LogP contribution in [0.25, 0.3) is 0 Å². The second kappa shape index (κ2) is 12.2. The molecule has 2 aromatic carbocycles. The van der Waals surface area contributed by atoms with Gasteiger partial charge in [0, 0.05) is 12.6 Å². The lowest BCUT2D eigenvalue weighted by atomic mass is 10.1. The van der Waals surface area contributed by atoms with E-state index in [-0.39, 0.29) is 25.0 Å². The molecule has 2 amide bonds. The van der Waals surface area contributed by atoms with Gasteiger partial charge >= 0.3 is 0 Å². The second-order valence-electron chi connectivity index (χ2n) is 9.24. The van der Waals surface area contributed by atoms with Crippen LogP contribution in [-0.4, -0.2) is 50.0 Å². The van der Waals surface area contributed by atoms with Gasteiger partial charge in [0.2, 0.25) is 21.8 Å². The van der Waals surface area contributed by atoms with Crippen LogP contribution in [0.1, 0.15) is 55.9 Å². The van der Waals surface area contributed by atoms with Gasteiger partial charge in [0.25, 0.3) is 0 Å². The molecule has 0 aromatic heterocycles. The van der Waals surface area contributed by atoms with Crippen molar-refractivity contribution in [3.63, 3.8) is 0 Å². The van der Waals surface area contributed by atoms with Gasteiger partial charge in [-0.25, -0.2) is 8.42 Å². The number of amides is 2. The summed E-state index contributed by atoms with van der Waals surface area (Å²) in [6.07, 6.45) is 2.27. The molecule has 0 saturated carbocycles. The molecule has 7 nitrogen and oxygen atoms in total. The zero-order valence-electron chi connectivity index (χ0n) is 22.0. The van der Waals surface area contributed by atoms with Gasteiger partial charge in [-0.3, -0.25) is 13.9 Å². The lowest BCUT2D eigenvalue weighted by molar-refractivity contribution is -0.140. The summed E-state index contributed by atoms with van der Waals surface area (Å²) in [5, 5.41) is 2.98. The zero-order chi connectivity index (χ0) is 26.3. The maximum Gasteiger partial charge on any atom is 0.244 e. The van der Waals surface area contributed by atoms with Crippen LogP contribution >= 0.6 is 0 Å². The Morgan fingerprint density at radius 1 is 1.00 bits per heavy atom. The van der Waals surface area contributed by atoms with Gasteiger partial charge in [0.15, 0.2) is 0 Å². The Hall–Kier alpha value is -2.87. The molecule has 192 valence electrons. The minimum absolute atomic E-state index is 0.0325. The van der Waals surface area contributed by atoms with Crippen molar-refractivity contribution in [2.45, 2.75) is 73.0 Å². The van der Waals surface area contributed by atoms with Crippen LogP contribution in [0.4, 0.5) is 5.69 Å². The summed E-state index contributed by atoms with van der Waals surface area (Å²) in [4.78, 5) is 28.4. The van der Waals surface area contributed by atoms with E-state index in [1.807, 2.05) is 71.9 Å². The first-order chi connectivity index (χ1) is 16.4. The van der Waals surface area contributed by atoms with Crippen molar-refractivity contribution in [2.24, 2.45) is 0 Å². The maximum absolute atomic E-state index is 13.8. The van der Waals surface area contributed by atoms with Crippen molar-refractivity contribution < 1.29 is 18.0 Å².